The van der Waals surface area contributed by atoms with Crippen LogP contribution >= 0.6 is 0 Å². The van der Waals surface area contributed by atoms with Crippen LogP contribution in [0.15, 0.2) is 25.3 Å². The summed E-state index contributed by atoms with van der Waals surface area (Å²) in [6.07, 6.45) is 9.61. The number of nitrogens with one attached hydrogen (secondary N) is 1. The lowest BCUT2D eigenvalue weighted by atomic mass is 9.70. The number of carbonyl (C=O) groups is 4. The van der Waals surface area contributed by atoms with E-state index in [1.165, 1.54) is 4.90 Å². The second-order valence-corrected chi connectivity index (χ2v) is 12.0. The molecule has 4 rings (SSSR count). The van der Waals surface area contributed by atoms with Gasteiger partial charge in [-0.25, -0.2) is 0 Å². The van der Waals surface area contributed by atoms with Crippen LogP contribution in [0, 0.1) is 11.8 Å². The van der Waals surface area contributed by atoms with E-state index in [0.717, 1.165) is 32.1 Å². The van der Waals surface area contributed by atoms with Crippen molar-refractivity contribution < 1.29 is 33.8 Å². The number of esters is 1. The predicted molar refractivity (Wildman–Crippen MR) is 152 cm³/mol. The van der Waals surface area contributed by atoms with E-state index >= 15 is 0 Å². The maximum absolute atomic E-state index is 14.5. The number of carbonyl (C=O) groups excluding carboxylic acids is 4. The summed E-state index contributed by atoms with van der Waals surface area (Å²) in [5, 5.41) is 13.0. The number of aliphatic hydroxyl groups is 1. The minimum Gasteiger partial charge on any atom is -0.460 e. The normalized spacial score (nSPS) is 30.4. The summed E-state index contributed by atoms with van der Waals surface area (Å²) in [4.78, 5) is 57.6. The quantitative estimate of drug-likeness (QED) is 0.242. The first kappa shape index (κ1) is 31.2. The second-order valence-electron chi connectivity index (χ2n) is 12.0. The molecule has 0 radical (unpaired) electrons. The topological polar surface area (TPSA) is 125 Å². The number of hydrogen-bond donors (Lipinski definition) is 2. The molecule has 0 unspecified atom stereocenters. The Balaban J connectivity index is 1.59. The van der Waals surface area contributed by atoms with Gasteiger partial charge in [0.15, 0.2) is 0 Å². The molecular weight excluding hydrogens is 526 g/mol. The van der Waals surface area contributed by atoms with E-state index in [4.69, 9.17) is 9.47 Å². The van der Waals surface area contributed by atoms with Crippen molar-refractivity contribution in [3.8, 4) is 0 Å². The van der Waals surface area contributed by atoms with Crippen molar-refractivity contribution in [1.29, 1.82) is 0 Å². The van der Waals surface area contributed by atoms with Gasteiger partial charge in [0.25, 0.3) is 0 Å². The van der Waals surface area contributed by atoms with Crippen molar-refractivity contribution in [2.45, 2.75) is 114 Å². The molecule has 1 aliphatic carbocycles. The zero-order chi connectivity index (χ0) is 29.7. The van der Waals surface area contributed by atoms with Crippen LogP contribution in [0.25, 0.3) is 0 Å². The molecule has 1 spiro atoms. The summed E-state index contributed by atoms with van der Waals surface area (Å²) < 4.78 is 12.3. The van der Waals surface area contributed by atoms with Gasteiger partial charge in [-0.05, 0) is 45.4 Å². The fraction of sp³-hybridized carbons (Fsp3) is 0.742. The Labute approximate surface area is 243 Å². The average Bonchev–Trinajstić information content (AvgIpc) is 3.62. The molecule has 228 valence electrons. The Kier molecular flexibility index (Phi) is 10.3. The van der Waals surface area contributed by atoms with Crippen LogP contribution in [0.5, 0.6) is 0 Å². The monoisotopic (exact) mass is 573 g/mol. The molecule has 3 heterocycles. The van der Waals surface area contributed by atoms with Gasteiger partial charge in [0.05, 0.1) is 37.1 Å². The number of allylic oxidation sites excluding steroid dienone is 1. The summed E-state index contributed by atoms with van der Waals surface area (Å²) in [6, 6.07) is -1.45. The van der Waals surface area contributed by atoms with Crippen LogP contribution in [0.1, 0.15) is 78.1 Å². The third-order valence-corrected chi connectivity index (χ3v) is 9.42. The predicted octanol–water partition coefficient (Wildman–Crippen LogP) is 2.49. The summed E-state index contributed by atoms with van der Waals surface area (Å²) in [5.41, 5.74) is -1.15. The van der Waals surface area contributed by atoms with Gasteiger partial charge in [0, 0.05) is 19.0 Å². The minimum atomic E-state index is -1.15. The minimum absolute atomic E-state index is 0.0535. The highest BCUT2D eigenvalue weighted by molar-refractivity contribution is 5.98. The maximum Gasteiger partial charge on any atom is 0.312 e. The molecule has 3 amide bonds. The SMILES string of the molecule is C=CCCC(=O)NC[C@H](C)OC(=O)[C@@H]1[C@@H]2CC[C@]3(O2)[C@H](C(=O)N(CC=C)C2CCCCC2)N([C@@H](CC)CO)C(=O)[C@@H]13. The Hall–Kier alpha value is -2.72. The lowest BCUT2D eigenvalue weighted by Crippen LogP contribution is -2.60. The zero-order valence-electron chi connectivity index (χ0n) is 24.6. The number of amides is 3. The lowest BCUT2D eigenvalue weighted by molar-refractivity contribution is -0.160. The lowest BCUT2D eigenvalue weighted by Gasteiger charge is -2.42. The van der Waals surface area contributed by atoms with Crippen LogP contribution < -0.4 is 5.32 Å². The molecule has 1 saturated carbocycles. The molecule has 2 N–H and O–H groups in total. The number of rotatable bonds is 14. The number of nitrogens with zero attached hydrogens (tertiary/aromatic N) is 2. The van der Waals surface area contributed by atoms with E-state index in [2.05, 4.69) is 18.5 Å². The van der Waals surface area contributed by atoms with Gasteiger partial charge in [-0.2, -0.15) is 0 Å². The number of likely N-dealkylation sites (tertiary alicyclic amines) is 1. The van der Waals surface area contributed by atoms with Crippen molar-refractivity contribution in [2.24, 2.45) is 11.8 Å². The van der Waals surface area contributed by atoms with Crippen molar-refractivity contribution in [3.05, 3.63) is 25.3 Å². The summed E-state index contributed by atoms with van der Waals surface area (Å²) in [5.74, 6) is -2.95. The van der Waals surface area contributed by atoms with Gasteiger partial charge in [-0.3, -0.25) is 19.2 Å². The highest BCUT2D eigenvalue weighted by atomic mass is 16.6. The fourth-order valence-electron chi connectivity index (χ4n) is 7.45. The molecular formula is C31H47N3O7. The Morgan fingerprint density at radius 2 is 1.95 bits per heavy atom. The Morgan fingerprint density at radius 3 is 2.59 bits per heavy atom. The molecule has 41 heavy (non-hydrogen) atoms. The number of fused-ring (bicyclic) bond motifs is 1. The van der Waals surface area contributed by atoms with E-state index in [1.54, 1.807) is 19.1 Å². The largest absolute Gasteiger partial charge is 0.460 e. The number of hydrogen-bond acceptors (Lipinski definition) is 7. The van der Waals surface area contributed by atoms with E-state index in [1.807, 2.05) is 11.8 Å². The van der Waals surface area contributed by atoms with Gasteiger partial charge in [-0.15, -0.1) is 13.2 Å². The molecule has 0 aromatic heterocycles. The van der Waals surface area contributed by atoms with E-state index in [-0.39, 0.29) is 36.9 Å². The van der Waals surface area contributed by atoms with Crippen molar-refractivity contribution in [2.75, 3.05) is 19.7 Å². The van der Waals surface area contributed by atoms with E-state index < -0.39 is 47.7 Å². The molecule has 4 aliphatic rings. The smallest absolute Gasteiger partial charge is 0.312 e. The molecule has 0 aromatic rings. The van der Waals surface area contributed by atoms with Crippen LogP contribution in [0.4, 0.5) is 0 Å². The third-order valence-electron chi connectivity index (χ3n) is 9.42. The summed E-state index contributed by atoms with van der Waals surface area (Å²) >= 11 is 0. The maximum atomic E-state index is 14.5. The number of aliphatic hydroxyl groups excluding tert-OH is 1. The first-order chi connectivity index (χ1) is 19.7. The second kappa shape index (κ2) is 13.5. The van der Waals surface area contributed by atoms with Gasteiger partial charge < -0.3 is 29.7 Å². The van der Waals surface area contributed by atoms with E-state index in [9.17, 15) is 24.3 Å². The Bertz CT molecular complexity index is 1010. The van der Waals surface area contributed by atoms with E-state index in [0.29, 0.717) is 38.6 Å². The van der Waals surface area contributed by atoms with Crippen molar-refractivity contribution >= 4 is 23.7 Å². The highest BCUT2D eigenvalue weighted by Crippen LogP contribution is 2.59. The van der Waals surface area contributed by atoms with Crippen LogP contribution in [-0.2, 0) is 28.7 Å². The molecule has 4 fully saturated rings. The van der Waals surface area contributed by atoms with Gasteiger partial charge in [0.2, 0.25) is 17.7 Å². The molecule has 2 bridgehead atoms. The molecule has 3 saturated heterocycles. The third kappa shape index (κ3) is 5.95. The summed E-state index contributed by atoms with van der Waals surface area (Å²) in [7, 11) is 0. The molecule has 10 heteroatoms. The molecule has 7 atom stereocenters. The number of ether oxygens (including phenoxy) is 2. The van der Waals surface area contributed by atoms with Crippen LogP contribution in [0.3, 0.4) is 0 Å². The highest BCUT2D eigenvalue weighted by Gasteiger charge is 2.75. The first-order valence-corrected chi connectivity index (χ1v) is 15.3. The van der Waals surface area contributed by atoms with Gasteiger partial charge in [0.1, 0.15) is 17.7 Å². The molecule has 10 nitrogen and oxygen atoms in total. The van der Waals surface area contributed by atoms with Crippen molar-refractivity contribution in [1.82, 2.24) is 15.1 Å². The van der Waals surface area contributed by atoms with Crippen molar-refractivity contribution in [3.63, 3.8) is 0 Å². The van der Waals surface area contributed by atoms with Crippen LogP contribution in [-0.4, -0.2) is 94.2 Å². The first-order valence-electron chi connectivity index (χ1n) is 15.3. The standard InChI is InChI=1S/C31H47N3O7/c1-5-8-14-24(36)32-18-20(4)40-30(39)25-23-15-16-31(41-23)26(25)28(37)34(21(7-3)19-35)27(31)29(38)33(17-6-2)22-12-10-9-11-13-22/h5-6,20-23,25-27,35H,1-2,7-19H2,3-4H3,(H,32,36)/t20-,21-,23-,25+,26+,27-,31+/m0/s1. The molecule has 0 aromatic carbocycles. The fourth-order valence-corrected chi connectivity index (χ4v) is 7.45. The molecule has 3 aliphatic heterocycles. The zero-order valence-corrected chi connectivity index (χ0v) is 24.6. The Morgan fingerprint density at radius 1 is 1.22 bits per heavy atom. The van der Waals surface area contributed by atoms with Gasteiger partial charge in [-0.1, -0.05) is 38.3 Å². The summed E-state index contributed by atoms with van der Waals surface area (Å²) in [6.45, 7) is 11.3. The van der Waals surface area contributed by atoms with Crippen LogP contribution in [0.2, 0.25) is 0 Å². The average molecular weight is 574 g/mol. The van der Waals surface area contributed by atoms with Gasteiger partial charge >= 0.3 is 5.97 Å².